The van der Waals surface area contributed by atoms with Crippen molar-refractivity contribution in [2.45, 2.75) is 39.4 Å². The van der Waals surface area contributed by atoms with Crippen molar-refractivity contribution in [3.63, 3.8) is 0 Å². The van der Waals surface area contributed by atoms with Gasteiger partial charge in [0.05, 0.1) is 6.10 Å². The van der Waals surface area contributed by atoms with Crippen LogP contribution in [-0.4, -0.2) is 16.3 Å². The van der Waals surface area contributed by atoms with Crippen molar-refractivity contribution in [2.24, 2.45) is 0 Å². The van der Waals surface area contributed by atoms with Crippen LogP contribution < -0.4 is 0 Å². The topological polar surface area (TPSA) is 40.5 Å². The monoisotopic (exact) mass is 194 g/mol. The van der Waals surface area contributed by atoms with Crippen LogP contribution in [0.5, 0.6) is 0 Å². The summed E-state index contributed by atoms with van der Waals surface area (Å²) < 4.78 is 0. The Hall–Kier alpha value is -0.860. The molecule has 0 amide bonds. The van der Waals surface area contributed by atoms with Gasteiger partial charge in [-0.25, -0.2) is 0 Å². The standard InChI is InChI=1S/C12H18O2/c1-4-11(13)12(14)10-7-8(2)5-6-9(10)3/h5-7,11-14H,4H2,1-3H3. The van der Waals surface area contributed by atoms with E-state index in [1.165, 1.54) is 0 Å². The molecule has 0 aliphatic rings. The Labute approximate surface area is 85.2 Å². The smallest absolute Gasteiger partial charge is 0.105 e. The normalized spacial score (nSPS) is 15.2. The van der Waals surface area contributed by atoms with Crippen LogP contribution in [0.3, 0.4) is 0 Å². The molecule has 0 bridgehead atoms. The molecule has 1 aromatic carbocycles. The highest BCUT2D eigenvalue weighted by Crippen LogP contribution is 2.23. The van der Waals surface area contributed by atoms with Crippen LogP contribution in [0.1, 0.15) is 36.1 Å². The van der Waals surface area contributed by atoms with Crippen molar-refractivity contribution >= 4 is 0 Å². The quantitative estimate of drug-likeness (QED) is 0.773. The molecular weight excluding hydrogens is 176 g/mol. The summed E-state index contributed by atoms with van der Waals surface area (Å²) in [6.45, 7) is 5.79. The maximum absolute atomic E-state index is 9.84. The summed E-state index contributed by atoms with van der Waals surface area (Å²) in [5.41, 5.74) is 2.96. The fourth-order valence-electron chi connectivity index (χ4n) is 1.51. The van der Waals surface area contributed by atoms with Gasteiger partial charge >= 0.3 is 0 Å². The first-order valence-corrected chi connectivity index (χ1v) is 4.99. The molecule has 2 N–H and O–H groups in total. The highest BCUT2D eigenvalue weighted by molar-refractivity contribution is 5.32. The lowest BCUT2D eigenvalue weighted by molar-refractivity contribution is 0.0161. The maximum Gasteiger partial charge on any atom is 0.105 e. The van der Waals surface area contributed by atoms with Crippen LogP contribution in [-0.2, 0) is 0 Å². The summed E-state index contributed by atoms with van der Waals surface area (Å²) in [7, 11) is 0. The lowest BCUT2D eigenvalue weighted by Gasteiger charge is -2.18. The molecule has 78 valence electrons. The Morgan fingerprint density at radius 2 is 1.86 bits per heavy atom. The van der Waals surface area contributed by atoms with Crippen LogP contribution in [0.4, 0.5) is 0 Å². The SMILES string of the molecule is CCC(O)C(O)c1cc(C)ccc1C. The molecule has 1 rings (SSSR count). The van der Waals surface area contributed by atoms with Crippen molar-refractivity contribution in [3.05, 3.63) is 34.9 Å². The zero-order chi connectivity index (χ0) is 10.7. The van der Waals surface area contributed by atoms with E-state index in [1.54, 1.807) is 0 Å². The number of aliphatic hydroxyl groups is 2. The number of aryl methyl sites for hydroxylation is 2. The fraction of sp³-hybridized carbons (Fsp3) is 0.500. The number of aliphatic hydroxyl groups excluding tert-OH is 2. The lowest BCUT2D eigenvalue weighted by atomic mass is 9.96. The van der Waals surface area contributed by atoms with Crippen LogP contribution >= 0.6 is 0 Å². The zero-order valence-electron chi connectivity index (χ0n) is 8.99. The number of rotatable bonds is 3. The van der Waals surface area contributed by atoms with Gasteiger partial charge in [-0.05, 0) is 31.4 Å². The summed E-state index contributed by atoms with van der Waals surface area (Å²) in [4.78, 5) is 0. The molecule has 0 aromatic heterocycles. The van der Waals surface area contributed by atoms with Crippen molar-refractivity contribution in [1.82, 2.24) is 0 Å². The molecule has 0 saturated carbocycles. The largest absolute Gasteiger partial charge is 0.390 e. The first-order chi connectivity index (χ1) is 6.56. The molecule has 2 heteroatoms. The molecular formula is C12H18O2. The van der Waals surface area contributed by atoms with Gasteiger partial charge in [0.1, 0.15) is 6.10 Å². The highest BCUT2D eigenvalue weighted by atomic mass is 16.3. The second-order valence-electron chi connectivity index (χ2n) is 3.78. The van der Waals surface area contributed by atoms with E-state index in [9.17, 15) is 10.2 Å². The first-order valence-electron chi connectivity index (χ1n) is 4.99. The first kappa shape index (κ1) is 11.2. The highest BCUT2D eigenvalue weighted by Gasteiger charge is 2.17. The lowest BCUT2D eigenvalue weighted by Crippen LogP contribution is -2.17. The van der Waals surface area contributed by atoms with Gasteiger partial charge in [-0.3, -0.25) is 0 Å². The summed E-state index contributed by atoms with van der Waals surface area (Å²) in [5, 5.41) is 19.4. The van der Waals surface area contributed by atoms with E-state index in [1.807, 2.05) is 39.0 Å². The summed E-state index contributed by atoms with van der Waals surface area (Å²) in [5.74, 6) is 0. The molecule has 2 unspecified atom stereocenters. The minimum absolute atomic E-state index is 0.564. The molecule has 0 aliphatic carbocycles. The van der Waals surface area contributed by atoms with Gasteiger partial charge < -0.3 is 10.2 Å². The number of hydrogen-bond donors (Lipinski definition) is 2. The third-order valence-corrected chi connectivity index (χ3v) is 2.54. The average Bonchev–Trinajstić information content (AvgIpc) is 2.19. The van der Waals surface area contributed by atoms with Crippen LogP contribution in [0.2, 0.25) is 0 Å². The molecule has 2 nitrogen and oxygen atoms in total. The minimum Gasteiger partial charge on any atom is -0.390 e. The Bertz CT molecular complexity index is 307. The van der Waals surface area contributed by atoms with Gasteiger partial charge in [-0.1, -0.05) is 30.7 Å². The van der Waals surface area contributed by atoms with E-state index in [4.69, 9.17) is 0 Å². The maximum atomic E-state index is 9.84. The number of hydrogen-bond acceptors (Lipinski definition) is 2. The van der Waals surface area contributed by atoms with Gasteiger partial charge in [-0.2, -0.15) is 0 Å². The molecule has 1 aromatic rings. The Morgan fingerprint density at radius 3 is 2.43 bits per heavy atom. The van der Waals surface area contributed by atoms with Gasteiger partial charge in [-0.15, -0.1) is 0 Å². The van der Waals surface area contributed by atoms with Crippen molar-refractivity contribution in [2.75, 3.05) is 0 Å². The van der Waals surface area contributed by atoms with E-state index in [0.29, 0.717) is 6.42 Å². The van der Waals surface area contributed by atoms with E-state index in [-0.39, 0.29) is 0 Å². The van der Waals surface area contributed by atoms with Crippen molar-refractivity contribution < 1.29 is 10.2 Å². The molecule has 0 radical (unpaired) electrons. The Morgan fingerprint density at radius 1 is 1.21 bits per heavy atom. The molecule has 0 heterocycles. The minimum atomic E-state index is -0.764. The third-order valence-electron chi connectivity index (χ3n) is 2.54. The van der Waals surface area contributed by atoms with Gasteiger partial charge in [0, 0.05) is 0 Å². The molecule has 14 heavy (non-hydrogen) atoms. The molecule has 0 saturated heterocycles. The Balaban J connectivity index is 2.99. The second kappa shape index (κ2) is 4.58. The van der Waals surface area contributed by atoms with Crippen LogP contribution in [0, 0.1) is 13.8 Å². The average molecular weight is 194 g/mol. The second-order valence-corrected chi connectivity index (χ2v) is 3.78. The predicted molar refractivity (Wildman–Crippen MR) is 57.2 cm³/mol. The summed E-state index contributed by atoms with van der Waals surface area (Å²) in [6, 6.07) is 5.90. The van der Waals surface area contributed by atoms with E-state index >= 15 is 0 Å². The van der Waals surface area contributed by atoms with Gasteiger partial charge in [0.25, 0.3) is 0 Å². The van der Waals surface area contributed by atoms with Crippen LogP contribution in [0.15, 0.2) is 18.2 Å². The molecule has 0 spiro atoms. The van der Waals surface area contributed by atoms with E-state index in [0.717, 1.165) is 16.7 Å². The van der Waals surface area contributed by atoms with Crippen molar-refractivity contribution in [3.8, 4) is 0 Å². The van der Waals surface area contributed by atoms with Crippen molar-refractivity contribution in [1.29, 1.82) is 0 Å². The zero-order valence-corrected chi connectivity index (χ0v) is 8.99. The summed E-state index contributed by atoms with van der Waals surface area (Å²) in [6.07, 6.45) is -0.871. The fourth-order valence-corrected chi connectivity index (χ4v) is 1.51. The molecule has 0 aliphatic heterocycles. The molecule has 2 atom stereocenters. The van der Waals surface area contributed by atoms with Crippen LogP contribution in [0.25, 0.3) is 0 Å². The van der Waals surface area contributed by atoms with E-state index in [2.05, 4.69) is 0 Å². The van der Waals surface area contributed by atoms with Gasteiger partial charge in [0.2, 0.25) is 0 Å². The number of benzene rings is 1. The Kier molecular flexibility index (Phi) is 3.67. The third kappa shape index (κ3) is 2.34. The van der Waals surface area contributed by atoms with E-state index < -0.39 is 12.2 Å². The predicted octanol–water partition coefficient (Wildman–Crippen LogP) is 2.11. The van der Waals surface area contributed by atoms with Gasteiger partial charge in [0.15, 0.2) is 0 Å². The summed E-state index contributed by atoms with van der Waals surface area (Å²) >= 11 is 0. The molecule has 0 fully saturated rings.